The fraction of sp³-hybridized carbons (Fsp3) is 0.312. The molecule has 0 atom stereocenters. The Labute approximate surface area is 114 Å². The van der Waals surface area contributed by atoms with Crippen molar-refractivity contribution in [2.24, 2.45) is 0 Å². The zero-order chi connectivity index (χ0) is 13.5. The lowest BCUT2D eigenvalue weighted by Gasteiger charge is -2.12. The van der Waals surface area contributed by atoms with Gasteiger partial charge in [-0.05, 0) is 23.6 Å². The second-order valence-electron chi connectivity index (χ2n) is 4.29. The van der Waals surface area contributed by atoms with Gasteiger partial charge in [-0.2, -0.15) is 0 Å². The summed E-state index contributed by atoms with van der Waals surface area (Å²) in [5.74, 6) is 0.660. The molecule has 0 saturated heterocycles. The molecule has 0 radical (unpaired) electrons. The number of benzene rings is 1. The molecule has 0 aliphatic carbocycles. The summed E-state index contributed by atoms with van der Waals surface area (Å²) in [5.41, 5.74) is 3.44. The number of rotatable bonds is 6. The van der Waals surface area contributed by atoms with E-state index in [1.807, 2.05) is 24.3 Å². The topological polar surface area (TPSA) is 31.4 Å². The molecule has 0 fully saturated rings. The monoisotopic (exact) mass is 257 g/mol. The zero-order valence-electron chi connectivity index (χ0n) is 11.4. The quantitative estimate of drug-likeness (QED) is 0.795. The number of aryl methyl sites for hydroxylation is 1. The van der Waals surface area contributed by atoms with E-state index in [9.17, 15) is 0 Å². The van der Waals surface area contributed by atoms with Gasteiger partial charge < -0.3 is 9.47 Å². The van der Waals surface area contributed by atoms with Crippen LogP contribution in [0.15, 0.2) is 42.6 Å². The van der Waals surface area contributed by atoms with Gasteiger partial charge in [0.1, 0.15) is 0 Å². The Morgan fingerprint density at radius 1 is 1.05 bits per heavy atom. The highest BCUT2D eigenvalue weighted by atomic mass is 16.5. The Bertz CT molecular complexity index is 489. The molecule has 1 aromatic heterocycles. The Hall–Kier alpha value is -1.87. The molecule has 2 rings (SSSR count). The molecule has 0 aliphatic rings. The summed E-state index contributed by atoms with van der Waals surface area (Å²) in [6.07, 6.45) is 2.72. The predicted molar refractivity (Wildman–Crippen MR) is 75.1 cm³/mol. The van der Waals surface area contributed by atoms with E-state index in [0.717, 1.165) is 12.0 Å². The molecule has 0 aliphatic heterocycles. The first-order valence-corrected chi connectivity index (χ1v) is 6.47. The first kappa shape index (κ1) is 13.6. The second-order valence-corrected chi connectivity index (χ2v) is 4.29. The van der Waals surface area contributed by atoms with Gasteiger partial charge >= 0.3 is 0 Å². The minimum atomic E-state index is 0.523. The third-order valence-corrected chi connectivity index (χ3v) is 3.05. The van der Waals surface area contributed by atoms with Crippen molar-refractivity contribution in [1.29, 1.82) is 0 Å². The molecule has 100 valence electrons. The van der Waals surface area contributed by atoms with E-state index < -0.39 is 0 Å². The lowest BCUT2D eigenvalue weighted by atomic mass is 10.1. The second kappa shape index (κ2) is 6.90. The highest BCUT2D eigenvalue weighted by molar-refractivity contribution is 5.33. The Morgan fingerprint density at radius 2 is 1.84 bits per heavy atom. The normalized spacial score (nSPS) is 10.4. The van der Waals surface area contributed by atoms with Crippen LogP contribution in [0.3, 0.4) is 0 Å². The van der Waals surface area contributed by atoms with Gasteiger partial charge in [-0.15, -0.1) is 0 Å². The standard InChI is InChI=1S/C16H19NO2/c1-3-14-9-10-17-16(18-2)15(14)12-19-11-13-7-5-4-6-8-13/h4-10H,3,11-12H2,1-2H3. The average molecular weight is 257 g/mol. The van der Waals surface area contributed by atoms with Crippen molar-refractivity contribution in [3.8, 4) is 5.88 Å². The van der Waals surface area contributed by atoms with Gasteiger partial charge in [0.15, 0.2) is 0 Å². The van der Waals surface area contributed by atoms with E-state index >= 15 is 0 Å². The van der Waals surface area contributed by atoms with Gasteiger partial charge in [0, 0.05) is 11.8 Å². The Morgan fingerprint density at radius 3 is 2.53 bits per heavy atom. The van der Waals surface area contributed by atoms with E-state index in [1.54, 1.807) is 13.3 Å². The van der Waals surface area contributed by atoms with Gasteiger partial charge in [-0.25, -0.2) is 4.98 Å². The van der Waals surface area contributed by atoms with E-state index in [1.165, 1.54) is 11.1 Å². The summed E-state index contributed by atoms with van der Waals surface area (Å²) in [5, 5.41) is 0. The van der Waals surface area contributed by atoms with E-state index in [2.05, 4.69) is 24.0 Å². The van der Waals surface area contributed by atoms with Crippen LogP contribution in [-0.4, -0.2) is 12.1 Å². The molecule has 0 bridgehead atoms. The highest BCUT2D eigenvalue weighted by Gasteiger charge is 2.09. The summed E-state index contributed by atoms with van der Waals surface area (Å²) in [7, 11) is 1.64. The van der Waals surface area contributed by atoms with Crippen molar-refractivity contribution in [3.05, 3.63) is 59.3 Å². The maximum Gasteiger partial charge on any atom is 0.218 e. The predicted octanol–water partition coefficient (Wildman–Crippen LogP) is 3.37. The highest BCUT2D eigenvalue weighted by Crippen LogP contribution is 2.21. The molecule has 3 nitrogen and oxygen atoms in total. The molecule has 1 heterocycles. The number of aromatic nitrogens is 1. The first-order valence-electron chi connectivity index (χ1n) is 6.47. The fourth-order valence-electron chi connectivity index (χ4n) is 2.02. The smallest absolute Gasteiger partial charge is 0.218 e. The van der Waals surface area contributed by atoms with Crippen LogP contribution >= 0.6 is 0 Å². The maximum atomic E-state index is 5.77. The van der Waals surface area contributed by atoms with E-state index in [4.69, 9.17) is 9.47 Å². The molecule has 2 aromatic rings. The molecule has 0 spiro atoms. The minimum Gasteiger partial charge on any atom is -0.481 e. The van der Waals surface area contributed by atoms with Crippen LogP contribution in [0.5, 0.6) is 5.88 Å². The third-order valence-electron chi connectivity index (χ3n) is 3.05. The number of nitrogens with zero attached hydrogens (tertiary/aromatic N) is 1. The molecule has 1 aromatic carbocycles. The summed E-state index contributed by atoms with van der Waals surface area (Å²) in [6, 6.07) is 12.2. The minimum absolute atomic E-state index is 0.523. The summed E-state index contributed by atoms with van der Waals surface area (Å²) >= 11 is 0. The van der Waals surface area contributed by atoms with Crippen molar-refractivity contribution >= 4 is 0 Å². The molecular weight excluding hydrogens is 238 g/mol. The van der Waals surface area contributed by atoms with Gasteiger partial charge in [-0.3, -0.25) is 0 Å². The van der Waals surface area contributed by atoms with Crippen LogP contribution < -0.4 is 4.74 Å². The molecular formula is C16H19NO2. The van der Waals surface area contributed by atoms with Crippen molar-refractivity contribution in [2.45, 2.75) is 26.6 Å². The Kier molecular flexibility index (Phi) is 4.93. The number of hydrogen-bond acceptors (Lipinski definition) is 3. The lowest BCUT2D eigenvalue weighted by Crippen LogP contribution is -2.03. The van der Waals surface area contributed by atoms with Crippen molar-refractivity contribution < 1.29 is 9.47 Å². The third kappa shape index (κ3) is 3.55. The van der Waals surface area contributed by atoms with Crippen LogP contribution in [0.1, 0.15) is 23.6 Å². The average Bonchev–Trinajstić information content (AvgIpc) is 2.48. The van der Waals surface area contributed by atoms with E-state index in [-0.39, 0.29) is 0 Å². The van der Waals surface area contributed by atoms with Crippen LogP contribution in [0, 0.1) is 0 Å². The largest absolute Gasteiger partial charge is 0.481 e. The van der Waals surface area contributed by atoms with Crippen molar-refractivity contribution in [3.63, 3.8) is 0 Å². The van der Waals surface area contributed by atoms with E-state index in [0.29, 0.717) is 19.1 Å². The van der Waals surface area contributed by atoms with Gasteiger partial charge in [0.2, 0.25) is 5.88 Å². The number of ether oxygens (including phenoxy) is 2. The van der Waals surface area contributed by atoms with Gasteiger partial charge in [0.05, 0.1) is 20.3 Å². The number of hydrogen-bond donors (Lipinski definition) is 0. The van der Waals surface area contributed by atoms with Gasteiger partial charge in [-0.1, -0.05) is 37.3 Å². The zero-order valence-corrected chi connectivity index (χ0v) is 11.4. The Balaban J connectivity index is 2.02. The lowest BCUT2D eigenvalue weighted by molar-refractivity contribution is 0.104. The number of methoxy groups -OCH3 is 1. The van der Waals surface area contributed by atoms with Crippen LogP contribution in [0.2, 0.25) is 0 Å². The molecule has 19 heavy (non-hydrogen) atoms. The fourth-order valence-corrected chi connectivity index (χ4v) is 2.02. The summed E-state index contributed by atoms with van der Waals surface area (Å²) in [4.78, 5) is 4.23. The molecule has 0 amide bonds. The maximum absolute atomic E-state index is 5.77. The molecule has 3 heteroatoms. The van der Waals surface area contributed by atoms with Crippen molar-refractivity contribution in [2.75, 3.05) is 7.11 Å². The summed E-state index contributed by atoms with van der Waals surface area (Å²) in [6.45, 7) is 3.24. The van der Waals surface area contributed by atoms with Crippen LogP contribution in [0.4, 0.5) is 0 Å². The van der Waals surface area contributed by atoms with Gasteiger partial charge in [0.25, 0.3) is 0 Å². The van der Waals surface area contributed by atoms with Crippen molar-refractivity contribution in [1.82, 2.24) is 4.98 Å². The molecule has 0 N–H and O–H groups in total. The SMILES string of the molecule is CCc1ccnc(OC)c1COCc1ccccc1. The summed E-state index contributed by atoms with van der Waals surface area (Å²) < 4.78 is 11.1. The first-order chi connectivity index (χ1) is 9.35. The van der Waals surface area contributed by atoms with Crippen LogP contribution in [-0.2, 0) is 24.4 Å². The van der Waals surface area contributed by atoms with Crippen LogP contribution in [0.25, 0.3) is 0 Å². The molecule has 0 saturated carbocycles. The number of pyridine rings is 1. The molecule has 0 unspecified atom stereocenters.